The molecule has 0 fully saturated rings. The number of para-hydroxylation sites is 1. The number of imidazole rings is 1. The number of benzene rings is 2. The SMILES string of the molecule is O=C(NCc1ccccc1)c1cccc(F)c1-n1cnc2cccnc21. The van der Waals surface area contributed by atoms with Crippen molar-refractivity contribution in [2.45, 2.75) is 6.54 Å². The minimum absolute atomic E-state index is 0.138. The fourth-order valence-electron chi connectivity index (χ4n) is 2.83. The van der Waals surface area contributed by atoms with Gasteiger partial charge in [0.2, 0.25) is 0 Å². The summed E-state index contributed by atoms with van der Waals surface area (Å²) < 4.78 is 16.1. The minimum Gasteiger partial charge on any atom is -0.348 e. The minimum atomic E-state index is -0.512. The highest BCUT2D eigenvalue weighted by molar-refractivity contribution is 5.98. The van der Waals surface area contributed by atoms with Crippen LogP contribution < -0.4 is 5.32 Å². The molecule has 1 N–H and O–H groups in total. The molecule has 0 aliphatic carbocycles. The van der Waals surface area contributed by atoms with E-state index in [1.165, 1.54) is 23.0 Å². The Kier molecular flexibility index (Phi) is 4.15. The van der Waals surface area contributed by atoms with Crippen LogP contribution in [0.1, 0.15) is 15.9 Å². The van der Waals surface area contributed by atoms with Crippen LogP contribution in [0.5, 0.6) is 0 Å². The average molecular weight is 346 g/mol. The third-order valence-corrected chi connectivity index (χ3v) is 4.07. The molecule has 0 radical (unpaired) electrons. The maximum atomic E-state index is 14.6. The van der Waals surface area contributed by atoms with Crippen LogP contribution in [0.4, 0.5) is 4.39 Å². The number of nitrogens with one attached hydrogen (secondary N) is 1. The molecule has 2 aromatic heterocycles. The number of hydrogen-bond acceptors (Lipinski definition) is 3. The number of aromatic nitrogens is 3. The summed E-state index contributed by atoms with van der Waals surface area (Å²) in [4.78, 5) is 21.2. The third-order valence-electron chi connectivity index (χ3n) is 4.07. The van der Waals surface area contributed by atoms with Gasteiger partial charge in [-0.15, -0.1) is 0 Å². The second-order valence-electron chi connectivity index (χ2n) is 5.76. The van der Waals surface area contributed by atoms with E-state index in [1.807, 2.05) is 30.3 Å². The van der Waals surface area contributed by atoms with Gasteiger partial charge in [-0.25, -0.2) is 14.4 Å². The van der Waals surface area contributed by atoms with Crippen molar-refractivity contribution in [2.24, 2.45) is 0 Å². The topological polar surface area (TPSA) is 59.8 Å². The quantitative estimate of drug-likeness (QED) is 0.615. The molecule has 2 heterocycles. The van der Waals surface area contributed by atoms with Crippen molar-refractivity contribution < 1.29 is 9.18 Å². The molecule has 5 nitrogen and oxygen atoms in total. The predicted molar refractivity (Wildman–Crippen MR) is 96.4 cm³/mol. The van der Waals surface area contributed by atoms with E-state index in [0.717, 1.165) is 5.56 Å². The normalized spacial score (nSPS) is 10.8. The summed E-state index contributed by atoms with van der Waals surface area (Å²) in [6.07, 6.45) is 3.08. The molecule has 0 aliphatic rings. The van der Waals surface area contributed by atoms with E-state index in [1.54, 1.807) is 24.4 Å². The van der Waals surface area contributed by atoms with Gasteiger partial charge in [0.25, 0.3) is 5.91 Å². The molecule has 0 spiro atoms. The van der Waals surface area contributed by atoms with Crippen LogP contribution >= 0.6 is 0 Å². The standard InChI is InChI=1S/C20H15FN4O/c21-16-9-4-8-15(20(26)23-12-14-6-2-1-3-7-14)18(16)25-13-24-17-10-5-11-22-19(17)25/h1-11,13H,12H2,(H,23,26). The first-order valence-corrected chi connectivity index (χ1v) is 8.13. The van der Waals surface area contributed by atoms with Crippen molar-refractivity contribution in [2.75, 3.05) is 0 Å². The first-order chi connectivity index (χ1) is 12.7. The zero-order chi connectivity index (χ0) is 17.9. The molecule has 0 aliphatic heterocycles. The summed E-state index contributed by atoms with van der Waals surface area (Å²) in [7, 11) is 0. The van der Waals surface area contributed by atoms with Gasteiger partial charge < -0.3 is 5.32 Å². The molecule has 0 atom stereocenters. The van der Waals surface area contributed by atoms with Gasteiger partial charge in [-0.2, -0.15) is 0 Å². The van der Waals surface area contributed by atoms with E-state index in [9.17, 15) is 9.18 Å². The number of nitrogens with zero attached hydrogens (tertiary/aromatic N) is 3. The largest absolute Gasteiger partial charge is 0.348 e. The van der Waals surface area contributed by atoms with Gasteiger partial charge in [-0.05, 0) is 29.8 Å². The van der Waals surface area contributed by atoms with E-state index in [4.69, 9.17) is 0 Å². The molecule has 6 heteroatoms. The molecule has 2 aromatic carbocycles. The van der Waals surface area contributed by atoms with Gasteiger partial charge in [-0.3, -0.25) is 9.36 Å². The Balaban J connectivity index is 1.71. The van der Waals surface area contributed by atoms with Crippen molar-refractivity contribution in [1.29, 1.82) is 0 Å². The van der Waals surface area contributed by atoms with E-state index in [-0.39, 0.29) is 17.2 Å². The van der Waals surface area contributed by atoms with Gasteiger partial charge in [0.1, 0.15) is 17.7 Å². The Labute approximate surface area is 149 Å². The monoisotopic (exact) mass is 346 g/mol. The van der Waals surface area contributed by atoms with Crippen molar-refractivity contribution in [3.8, 4) is 5.69 Å². The summed E-state index contributed by atoms with van der Waals surface area (Å²) in [5.74, 6) is -0.872. The Hall–Kier alpha value is -3.54. The summed E-state index contributed by atoms with van der Waals surface area (Å²) >= 11 is 0. The first kappa shape index (κ1) is 16.0. The molecule has 1 amide bonds. The smallest absolute Gasteiger partial charge is 0.253 e. The predicted octanol–water partition coefficient (Wildman–Crippen LogP) is 3.49. The third kappa shape index (κ3) is 2.93. The highest BCUT2D eigenvalue weighted by Crippen LogP contribution is 2.23. The summed E-state index contributed by atoms with van der Waals surface area (Å²) in [6.45, 7) is 0.360. The highest BCUT2D eigenvalue weighted by atomic mass is 19.1. The second kappa shape index (κ2) is 6.76. The zero-order valence-electron chi connectivity index (χ0n) is 13.8. The Bertz CT molecular complexity index is 1080. The zero-order valence-corrected chi connectivity index (χ0v) is 13.8. The van der Waals surface area contributed by atoms with Crippen LogP contribution in [0, 0.1) is 5.82 Å². The first-order valence-electron chi connectivity index (χ1n) is 8.13. The Morgan fingerprint density at radius 2 is 1.85 bits per heavy atom. The van der Waals surface area contributed by atoms with Crippen LogP contribution in [-0.4, -0.2) is 20.4 Å². The number of carbonyl (C=O) groups excluding carboxylic acids is 1. The van der Waals surface area contributed by atoms with Gasteiger partial charge >= 0.3 is 0 Å². The number of carbonyl (C=O) groups is 1. The van der Waals surface area contributed by atoms with Gasteiger partial charge in [-0.1, -0.05) is 36.4 Å². The van der Waals surface area contributed by atoms with Crippen LogP contribution in [0.15, 0.2) is 73.2 Å². The lowest BCUT2D eigenvalue weighted by molar-refractivity contribution is 0.0950. The lowest BCUT2D eigenvalue weighted by Gasteiger charge is -2.12. The van der Waals surface area contributed by atoms with Gasteiger partial charge in [0.05, 0.1) is 11.3 Å². The van der Waals surface area contributed by atoms with Crippen molar-refractivity contribution in [3.63, 3.8) is 0 Å². The average Bonchev–Trinajstić information content (AvgIpc) is 3.10. The molecule has 0 saturated carbocycles. The molecular formula is C20H15FN4O. The van der Waals surface area contributed by atoms with Gasteiger partial charge in [0, 0.05) is 12.7 Å². The molecule has 0 bridgehead atoms. The molecule has 4 rings (SSSR count). The van der Waals surface area contributed by atoms with E-state index in [0.29, 0.717) is 17.7 Å². The summed E-state index contributed by atoms with van der Waals surface area (Å²) in [6, 6.07) is 17.5. The van der Waals surface area contributed by atoms with E-state index in [2.05, 4.69) is 15.3 Å². The lowest BCUT2D eigenvalue weighted by Crippen LogP contribution is -2.24. The van der Waals surface area contributed by atoms with Crippen molar-refractivity contribution in [1.82, 2.24) is 19.9 Å². The molecule has 4 aromatic rings. The van der Waals surface area contributed by atoms with Gasteiger partial charge in [0.15, 0.2) is 5.65 Å². The highest BCUT2D eigenvalue weighted by Gasteiger charge is 2.19. The maximum absolute atomic E-state index is 14.6. The lowest BCUT2D eigenvalue weighted by atomic mass is 10.1. The van der Waals surface area contributed by atoms with Crippen LogP contribution in [0.3, 0.4) is 0 Å². The number of rotatable bonds is 4. The van der Waals surface area contributed by atoms with Crippen LogP contribution in [0.25, 0.3) is 16.9 Å². The van der Waals surface area contributed by atoms with Crippen molar-refractivity contribution in [3.05, 3.63) is 90.1 Å². The molecular weight excluding hydrogens is 331 g/mol. The van der Waals surface area contributed by atoms with E-state index < -0.39 is 5.82 Å². The number of hydrogen-bond donors (Lipinski definition) is 1. The fraction of sp³-hybridized carbons (Fsp3) is 0.0500. The molecule has 0 unspecified atom stereocenters. The molecule has 0 saturated heterocycles. The summed E-state index contributed by atoms with van der Waals surface area (Å²) in [5, 5.41) is 2.83. The Morgan fingerprint density at radius 3 is 2.69 bits per heavy atom. The van der Waals surface area contributed by atoms with E-state index >= 15 is 0 Å². The Morgan fingerprint density at radius 1 is 1.00 bits per heavy atom. The maximum Gasteiger partial charge on any atom is 0.253 e. The summed E-state index contributed by atoms with van der Waals surface area (Å²) in [5.41, 5.74) is 2.46. The number of amides is 1. The molecule has 26 heavy (non-hydrogen) atoms. The number of fused-ring (bicyclic) bond motifs is 1. The van der Waals surface area contributed by atoms with Crippen LogP contribution in [0.2, 0.25) is 0 Å². The number of halogens is 1. The van der Waals surface area contributed by atoms with Crippen LogP contribution in [-0.2, 0) is 6.54 Å². The number of pyridine rings is 1. The van der Waals surface area contributed by atoms with Crippen molar-refractivity contribution >= 4 is 17.1 Å². The molecule has 128 valence electrons. The second-order valence-corrected chi connectivity index (χ2v) is 5.76. The fourth-order valence-corrected chi connectivity index (χ4v) is 2.83.